The summed E-state index contributed by atoms with van der Waals surface area (Å²) in [4.78, 5) is 4.40. The fourth-order valence-corrected chi connectivity index (χ4v) is 3.25. The molecule has 0 N–H and O–H groups in total. The summed E-state index contributed by atoms with van der Waals surface area (Å²) in [5.74, 6) is 0. The third-order valence-corrected chi connectivity index (χ3v) is 4.39. The molecule has 0 radical (unpaired) electrons. The average molecular weight is 369 g/mol. The molecule has 0 aliphatic rings. The molecule has 0 fully saturated rings. The van der Waals surface area contributed by atoms with Crippen molar-refractivity contribution < 1.29 is 11.3 Å². The third kappa shape index (κ3) is 3.10. The van der Waals surface area contributed by atoms with Crippen molar-refractivity contribution in [2.24, 2.45) is 5.41 Å². The van der Waals surface area contributed by atoms with Crippen molar-refractivity contribution in [1.29, 1.82) is 0 Å². The predicted octanol–water partition coefficient (Wildman–Crippen LogP) is 7.20. The van der Waals surface area contributed by atoms with E-state index in [-0.39, 0.29) is 11.1 Å². The Morgan fingerprint density at radius 3 is 2.77 bits per heavy atom. The van der Waals surface area contributed by atoms with Crippen molar-refractivity contribution in [3.63, 3.8) is 0 Å². The first-order valence-corrected chi connectivity index (χ1v) is 8.81. The minimum Gasteiger partial charge on any atom is -0.455 e. The zero-order chi connectivity index (χ0) is 22.8. The van der Waals surface area contributed by atoms with Gasteiger partial charge in [-0.25, -0.2) is 0 Å². The van der Waals surface area contributed by atoms with Gasteiger partial charge in [0, 0.05) is 40.5 Å². The maximum absolute atomic E-state index is 8.72. The lowest BCUT2D eigenvalue weighted by molar-refractivity contribution is 0.410. The summed E-state index contributed by atoms with van der Waals surface area (Å²) >= 11 is 6.11. The van der Waals surface area contributed by atoms with Crippen molar-refractivity contribution >= 4 is 33.5 Å². The lowest BCUT2D eigenvalue weighted by Gasteiger charge is -2.20. The highest BCUT2D eigenvalue weighted by atomic mass is 35.5. The highest BCUT2D eigenvalue weighted by Gasteiger charge is 2.17. The van der Waals surface area contributed by atoms with Crippen LogP contribution in [0.3, 0.4) is 0 Å². The summed E-state index contributed by atoms with van der Waals surface area (Å²) in [5.41, 5.74) is 1.55. The van der Waals surface area contributed by atoms with Gasteiger partial charge in [0.05, 0.1) is 5.69 Å². The molecule has 0 bridgehead atoms. The van der Waals surface area contributed by atoms with Gasteiger partial charge in [-0.1, -0.05) is 44.5 Å². The number of rotatable bonds is 2. The van der Waals surface area contributed by atoms with Gasteiger partial charge < -0.3 is 4.42 Å². The number of furan rings is 1. The van der Waals surface area contributed by atoms with Gasteiger partial charge in [-0.3, -0.25) is 4.98 Å². The molecule has 0 aliphatic heterocycles. The van der Waals surface area contributed by atoms with Crippen LogP contribution in [0.1, 0.15) is 38.8 Å². The zero-order valence-corrected chi connectivity index (χ0v) is 15.6. The number of pyridine rings is 1. The molecule has 4 aromatic rings. The Kier molecular flexibility index (Phi) is 2.86. The van der Waals surface area contributed by atoms with E-state index >= 15 is 0 Å². The molecular formula is C23H22ClNO. The number of para-hydroxylation sites is 1. The van der Waals surface area contributed by atoms with E-state index in [1.165, 1.54) is 6.20 Å². The van der Waals surface area contributed by atoms with Crippen molar-refractivity contribution in [2.75, 3.05) is 0 Å². The topological polar surface area (TPSA) is 26.0 Å². The summed E-state index contributed by atoms with van der Waals surface area (Å²) in [6.07, 6.45) is -0.636. The van der Waals surface area contributed by atoms with Crippen LogP contribution in [0, 0.1) is 12.3 Å². The first-order valence-electron chi connectivity index (χ1n) is 10.9. The molecule has 0 spiro atoms. The van der Waals surface area contributed by atoms with Crippen LogP contribution in [0.5, 0.6) is 0 Å². The largest absolute Gasteiger partial charge is 0.455 e. The number of hydrogen-bond acceptors (Lipinski definition) is 2. The maximum atomic E-state index is 8.72. The molecule has 3 heteroatoms. The molecule has 0 amide bonds. The highest BCUT2D eigenvalue weighted by molar-refractivity contribution is 6.31. The van der Waals surface area contributed by atoms with Crippen molar-refractivity contribution in [2.45, 2.75) is 34.0 Å². The molecule has 0 aliphatic carbocycles. The molecule has 2 heterocycles. The van der Waals surface area contributed by atoms with Gasteiger partial charge in [0.25, 0.3) is 0 Å². The van der Waals surface area contributed by atoms with Crippen LogP contribution in [0.4, 0.5) is 0 Å². The van der Waals surface area contributed by atoms with E-state index in [4.69, 9.17) is 22.9 Å². The lowest BCUT2D eigenvalue weighted by atomic mass is 9.86. The number of hydrogen-bond donors (Lipinski definition) is 0. The molecule has 2 nitrogen and oxygen atoms in total. The molecule has 0 atom stereocenters. The monoisotopic (exact) mass is 368 g/mol. The standard InChI is InChI=1S/C23H22ClNO/c1-14-13-25-20(10-15(14)12-23(2,3)4)19-7-5-6-18-17-9-8-16(24)11-21(17)26-22(18)19/h5-11,13H,12H2,1-4H3/i1D3,12D2. The smallest absolute Gasteiger partial charge is 0.144 e. The van der Waals surface area contributed by atoms with Crippen LogP contribution >= 0.6 is 11.6 Å². The van der Waals surface area contributed by atoms with E-state index in [0.717, 1.165) is 10.8 Å². The van der Waals surface area contributed by atoms with Crippen molar-refractivity contribution in [1.82, 2.24) is 4.98 Å². The molecule has 26 heavy (non-hydrogen) atoms. The van der Waals surface area contributed by atoms with E-state index in [1.54, 1.807) is 39.0 Å². The van der Waals surface area contributed by atoms with Crippen molar-refractivity contribution in [3.8, 4) is 11.3 Å². The van der Waals surface area contributed by atoms with E-state index in [1.807, 2.05) is 24.3 Å². The molecule has 4 rings (SSSR count). The fourth-order valence-electron chi connectivity index (χ4n) is 3.08. The van der Waals surface area contributed by atoms with Crippen LogP contribution in [-0.4, -0.2) is 4.98 Å². The Morgan fingerprint density at radius 2 is 2.00 bits per heavy atom. The lowest BCUT2D eigenvalue weighted by Crippen LogP contribution is -2.10. The second-order valence-corrected chi connectivity index (χ2v) is 7.85. The van der Waals surface area contributed by atoms with E-state index in [0.29, 0.717) is 27.4 Å². The van der Waals surface area contributed by atoms with Gasteiger partial charge in [0.2, 0.25) is 0 Å². The van der Waals surface area contributed by atoms with Gasteiger partial charge in [-0.15, -0.1) is 0 Å². The summed E-state index contributed by atoms with van der Waals surface area (Å²) in [6.45, 7) is 2.77. The van der Waals surface area contributed by atoms with E-state index in [2.05, 4.69) is 4.98 Å². The first kappa shape index (κ1) is 12.1. The van der Waals surface area contributed by atoms with E-state index < -0.39 is 18.6 Å². The molecule has 0 unspecified atom stereocenters. The summed E-state index contributed by atoms with van der Waals surface area (Å²) in [7, 11) is 0. The van der Waals surface area contributed by atoms with Crippen LogP contribution in [0.25, 0.3) is 33.2 Å². The Labute approximate surface area is 165 Å². The summed E-state index contributed by atoms with van der Waals surface area (Å²) in [5, 5.41) is 2.35. The van der Waals surface area contributed by atoms with Crippen LogP contribution < -0.4 is 0 Å². The fraction of sp³-hybridized carbons (Fsp3) is 0.261. The number of nitrogens with zero attached hydrogens (tertiary/aromatic N) is 1. The maximum Gasteiger partial charge on any atom is 0.144 e. The van der Waals surface area contributed by atoms with Gasteiger partial charge >= 0.3 is 0 Å². The van der Waals surface area contributed by atoms with E-state index in [9.17, 15) is 0 Å². The van der Waals surface area contributed by atoms with Crippen LogP contribution in [0.2, 0.25) is 5.02 Å². The Bertz CT molecular complexity index is 1300. The first-order chi connectivity index (χ1) is 14.3. The normalized spacial score (nSPS) is 16.1. The van der Waals surface area contributed by atoms with Gasteiger partial charge in [-0.05, 0) is 54.0 Å². The van der Waals surface area contributed by atoms with Gasteiger partial charge in [0.15, 0.2) is 0 Å². The molecule has 0 saturated heterocycles. The Hall–Kier alpha value is -2.32. The predicted molar refractivity (Wildman–Crippen MR) is 110 cm³/mol. The minimum absolute atomic E-state index is 0.0836. The highest BCUT2D eigenvalue weighted by Crippen LogP contribution is 2.36. The van der Waals surface area contributed by atoms with Crippen molar-refractivity contribution in [3.05, 3.63) is 64.8 Å². The number of fused-ring (bicyclic) bond motifs is 3. The molecule has 2 aromatic heterocycles. The molecule has 0 saturated carbocycles. The summed E-state index contributed by atoms with van der Waals surface area (Å²) in [6, 6.07) is 12.6. The average Bonchev–Trinajstić information content (AvgIpc) is 3.03. The quantitative estimate of drug-likeness (QED) is 0.374. The second-order valence-electron chi connectivity index (χ2n) is 7.41. The number of halogens is 1. The third-order valence-electron chi connectivity index (χ3n) is 4.15. The summed E-state index contributed by atoms with van der Waals surface area (Å²) < 4.78 is 47.2. The van der Waals surface area contributed by atoms with Gasteiger partial charge in [-0.2, -0.15) is 0 Å². The van der Waals surface area contributed by atoms with Crippen LogP contribution in [0.15, 0.2) is 53.1 Å². The SMILES string of the molecule is [2H]C([2H])([2H])c1cnc(-c2cccc3c2oc2cc(Cl)ccc23)cc1C([2H])([2H])C(C)(C)C. The second kappa shape index (κ2) is 6.14. The Balaban J connectivity index is 2.00. The number of benzene rings is 2. The van der Waals surface area contributed by atoms with Gasteiger partial charge in [0.1, 0.15) is 11.2 Å². The molecule has 2 aromatic carbocycles. The van der Waals surface area contributed by atoms with Crippen LogP contribution in [-0.2, 0) is 6.37 Å². The number of aryl methyl sites for hydroxylation is 1. The number of aromatic nitrogens is 1. The Morgan fingerprint density at radius 1 is 1.15 bits per heavy atom. The minimum atomic E-state index is -2.48. The zero-order valence-electron chi connectivity index (χ0n) is 19.9. The molecule has 132 valence electrons. The molecular weight excluding hydrogens is 342 g/mol.